The molecule has 0 aliphatic carbocycles. The van der Waals surface area contributed by atoms with Crippen molar-refractivity contribution in [3.8, 4) is 0 Å². The first-order valence-corrected chi connectivity index (χ1v) is 7.89. The molecule has 0 aliphatic heterocycles. The second-order valence-corrected chi connectivity index (χ2v) is 5.09. The summed E-state index contributed by atoms with van der Waals surface area (Å²) in [7, 11) is 0. The van der Waals surface area contributed by atoms with E-state index in [1.165, 1.54) is 50.9 Å². The Bertz CT molecular complexity index is 297. The maximum Gasteiger partial charge on any atom is 0.0366 e. The van der Waals surface area contributed by atoms with Crippen LogP contribution in [0, 0.1) is 0 Å². The Balaban J connectivity index is 2.30. The van der Waals surface area contributed by atoms with Gasteiger partial charge in [0.05, 0.1) is 0 Å². The molecule has 19 heavy (non-hydrogen) atoms. The van der Waals surface area contributed by atoms with Crippen LogP contribution in [0.1, 0.15) is 46.0 Å². The third-order valence-corrected chi connectivity index (χ3v) is 3.43. The van der Waals surface area contributed by atoms with E-state index in [1.807, 2.05) is 0 Å². The molecule has 0 saturated heterocycles. The van der Waals surface area contributed by atoms with Crippen LogP contribution >= 0.6 is 0 Å². The van der Waals surface area contributed by atoms with Gasteiger partial charge in [-0.2, -0.15) is 0 Å². The van der Waals surface area contributed by atoms with Crippen molar-refractivity contribution >= 4 is 5.69 Å². The summed E-state index contributed by atoms with van der Waals surface area (Å²) < 4.78 is 0. The Hall–Kier alpha value is -1.02. The minimum atomic E-state index is 1.09. The zero-order chi connectivity index (χ0) is 13.8. The van der Waals surface area contributed by atoms with E-state index in [4.69, 9.17) is 0 Å². The molecular formula is C17H30N2. The lowest BCUT2D eigenvalue weighted by atomic mass is 10.2. The van der Waals surface area contributed by atoms with E-state index >= 15 is 0 Å². The number of anilines is 1. The first-order valence-electron chi connectivity index (χ1n) is 7.89. The number of benzene rings is 1. The summed E-state index contributed by atoms with van der Waals surface area (Å²) in [5, 5.41) is 3.39. The van der Waals surface area contributed by atoms with Crippen LogP contribution < -0.4 is 10.2 Å². The molecule has 2 heteroatoms. The number of nitrogens with zero attached hydrogens (tertiary/aromatic N) is 1. The molecule has 0 heterocycles. The van der Waals surface area contributed by atoms with Crippen LogP contribution in [0.25, 0.3) is 0 Å². The molecule has 1 aromatic carbocycles. The number of nitrogens with one attached hydrogen (secondary N) is 1. The van der Waals surface area contributed by atoms with E-state index in [-0.39, 0.29) is 0 Å². The maximum absolute atomic E-state index is 3.39. The third kappa shape index (κ3) is 7.22. The van der Waals surface area contributed by atoms with Crippen molar-refractivity contribution in [2.24, 2.45) is 0 Å². The highest BCUT2D eigenvalue weighted by Gasteiger charge is 2.04. The molecule has 0 saturated carbocycles. The minimum absolute atomic E-state index is 1.09. The smallest absolute Gasteiger partial charge is 0.0366 e. The number of rotatable bonds is 11. The van der Waals surface area contributed by atoms with Gasteiger partial charge in [-0.05, 0) is 44.5 Å². The Morgan fingerprint density at radius 2 is 1.63 bits per heavy atom. The van der Waals surface area contributed by atoms with Gasteiger partial charge in [-0.3, -0.25) is 0 Å². The lowest BCUT2D eigenvalue weighted by Crippen LogP contribution is -2.25. The second kappa shape index (κ2) is 10.9. The second-order valence-electron chi connectivity index (χ2n) is 5.09. The lowest BCUT2D eigenvalue weighted by molar-refractivity contribution is 0.601. The van der Waals surface area contributed by atoms with Crippen molar-refractivity contribution in [2.75, 3.05) is 31.1 Å². The van der Waals surface area contributed by atoms with E-state index in [1.54, 1.807) is 0 Å². The van der Waals surface area contributed by atoms with Gasteiger partial charge in [-0.25, -0.2) is 0 Å². The van der Waals surface area contributed by atoms with Crippen LogP contribution in [0.2, 0.25) is 0 Å². The van der Waals surface area contributed by atoms with E-state index in [9.17, 15) is 0 Å². The molecule has 0 atom stereocenters. The molecule has 0 aliphatic rings. The predicted octanol–water partition coefficient (Wildman–Crippen LogP) is 4.07. The Morgan fingerprint density at radius 3 is 2.32 bits per heavy atom. The van der Waals surface area contributed by atoms with Crippen LogP contribution in [-0.4, -0.2) is 26.2 Å². The standard InChI is InChI=1S/C17H30N2/c1-3-5-15-19(17-12-8-6-9-13-17)16-11-7-10-14-18-4-2/h6,8-9,12-13,18H,3-5,7,10-11,14-16H2,1-2H3. The molecule has 0 unspecified atom stereocenters. The number of hydrogen-bond acceptors (Lipinski definition) is 2. The number of hydrogen-bond donors (Lipinski definition) is 1. The summed E-state index contributed by atoms with van der Waals surface area (Å²) in [6, 6.07) is 10.8. The molecular weight excluding hydrogens is 232 g/mol. The SMILES string of the molecule is CCCCN(CCCCCNCC)c1ccccc1. The van der Waals surface area contributed by atoms with Crippen LogP contribution in [0.5, 0.6) is 0 Å². The fourth-order valence-corrected chi connectivity index (χ4v) is 2.26. The van der Waals surface area contributed by atoms with E-state index in [2.05, 4.69) is 54.4 Å². The summed E-state index contributed by atoms with van der Waals surface area (Å²) in [6.45, 7) is 9.06. The van der Waals surface area contributed by atoms with E-state index < -0.39 is 0 Å². The van der Waals surface area contributed by atoms with Crippen molar-refractivity contribution in [3.63, 3.8) is 0 Å². The molecule has 1 rings (SSSR count). The van der Waals surface area contributed by atoms with Crippen LogP contribution in [0.4, 0.5) is 5.69 Å². The highest BCUT2D eigenvalue weighted by molar-refractivity contribution is 5.45. The highest BCUT2D eigenvalue weighted by atomic mass is 15.1. The van der Waals surface area contributed by atoms with Crippen LogP contribution in [0.3, 0.4) is 0 Å². The summed E-state index contributed by atoms with van der Waals surface area (Å²) >= 11 is 0. The molecule has 1 N–H and O–H groups in total. The number of unbranched alkanes of at least 4 members (excludes halogenated alkanes) is 3. The van der Waals surface area contributed by atoms with Gasteiger partial charge in [0.25, 0.3) is 0 Å². The Kier molecular flexibility index (Phi) is 9.17. The fraction of sp³-hybridized carbons (Fsp3) is 0.647. The van der Waals surface area contributed by atoms with E-state index in [0.29, 0.717) is 0 Å². The van der Waals surface area contributed by atoms with Gasteiger partial charge < -0.3 is 10.2 Å². The zero-order valence-electron chi connectivity index (χ0n) is 12.7. The van der Waals surface area contributed by atoms with Crippen molar-refractivity contribution in [1.82, 2.24) is 5.32 Å². The quantitative estimate of drug-likeness (QED) is 0.605. The molecule has 2 nitrogen and oxygen atoms in total. The van der Waals surface area contributed by atoms with Gasteiger partial charge in [0.2, 0.25) is 0 Å². The summed E-state index contributed by atoms with van der Waals surface area (Å²) in [4.78, 5) is 2.54. The summed E-state index contributed by atoms with van der Waals surface area (Å²) in [5.74, 6) is 0. The first kappa shape index (κ1) is 16.0. The zero-order valence-corrected chi connectivity index (χ0v) is 12.7. The summed E-state index contributed by atoms with van der Waals surface area (Å²) in [6.07, 6.45) is 6.47. The molecule has 1 aromatic rings. The van der Waals surface area contributed by atoms with Crippen molar-refractivity contribution < 1.29 is 0 Å². The van der Waals surface area contributed by atoms with Gasteiger partial charge >= 0.3 is 0 Å². The predicted molar refractivity (Wildman–Crippen MR) is 86.0 cm³/mol. The van der Waals surface area contributed by atoms with Gasteiger partial charge in [-0.15, -0.1) is 0 Å². The average Bonchev–Trinajstić information content (AvgIpc) is 2.46. The minimum Gasteiger partial charge on any atom is -0.372 e. The van der Waals surface area contributed by atoms with Gasteiger partial charge in [0, 0.05) is 18.8 Å². The summed E-state index contributed by atoms with van der Waals surface area (Å²) in [5.41, 5.74) is 1.38. The molecule has 0 radical (unpaired) electrons. The average molecular weight is 262 g/mol. The monoisotopic (exact) mass is 262 g/mol. The largest absolute Gasteiger partial charge is 0.372 e. The van der Waals surface area contributed by atoms with Gasteiger partial charge in [0.1, 0.15) is 0 Å². The van der Waals surface area contributed by atoms with Crippen molar-refractivity contribution in [3.05, 3.63) is 30.3 Å². The van der Waals surface area contributed by atoms with Crippen LogP contribution in [-0.2, 0) is 0 Å². The molecule has 0 bridgehead atoms. The van der Waals surface area contributed by atoms with E-state index in [0.717, 1.165) is 13.1 Å². The van der Waals surface area contributed by atoms with Gasteiger partial charge in [-0.1, -0.05) is 44.9 Å². The molecule has 0 fully saturated rings. The Morgan fingerprint density at radius 1 is 0.895 bits per heavy atom. The first-order chi connectivity index (χ1) is 9.38. The molecule has 108 valence electrons. The third-order valence-electron chi connectivity index (χ3n) is 3.43. The van der Waals surface area contributed by atoms with Crippen molar-refractivity contribution in [1.29, 1.82) is 0 Å². The molecule has 0 spiro atoms. The van der Waals surface area contributed by atoms with Crippen LogP contribution in [0.15, 0.2) is 30.3 Å². The normalized spacial score (nSPS) is 10.6. The highest BCUT2D eigenvalue weighted by Crippen LogP contribution is 2.15. The Labute approximate surface area is 119 Å². The van der Waals surface area contributed by atoms with Crippen molar-refractivity contribution in [2.45, 2.75) is 46.0 Å². The molecule has 0 amide bonds. The van der Waals surface area contributed by atoms with Gasteiger partial charge in [0.15, 0.2) is 0 Å². The number of para-hydroxylation sites is 1. The maximum atomic E-state index is 3.39. The lowest BCUT2D eigenvalue weighted by Gasteiger charge is -2.24. The topological polar surface area (TPSA) is 15.3 Å². The fourth-order valence-electron chi connectivity index (χ4n) is 2.26. The molecule has 0 aromatic heterocycles.